The third kappa shape index (κ3) is 3.64. The molecule has 5 N–H and O–H groups in total. The normalized spacial score (nSPS) is 13.9. The number of halogens is 1. The van der Waals surface area contributed by atoms with Crippen molar-refractivity contribution in [3.05, 3.63) is 66.9 Å². The summed E-state index contributed by atoms with van der Waals surface area (Å²) in [6, 6.07) is 11.6. The van der Waals surface area contributed by atoms with Gasteiger partial charge in [-0.25, -0.2) is 14.4 Å². The monoisotopic (exact) mass is 493 g/mol. The number of anilines is 1. The number of hydrogen-bond donors (Lipinski definition) is 4. The molecular weight excluding hydrogens is 473 g/mol. The van der Waals surface area contributed by atoms with Crippen LogP contribution in [-0.2, 0) is 0 Å². The molecule has 0 unspecified atom stereocenters. The van der Waals surface area contributed by atoms with Gasteiger partial charge in [-0.15, -0.1) is 0 Å². The van der Waals surface area contributed by atoms with Crippen LogP contribution in [-0.4, -0.2) is 59.4 Å². The number of rotatable bonds is 4. The fourth-order valence-electron chi connectivity index (χ4n) is 4.68. The molecule has 1 aliphatic heterocycles. The van der Waals surface area contributed by atoms with E-state index in [2.05, 4.69) is 30.0 Å². The Kier molecular flexibility index (Phi) is 4.66. The number of phenols is 1. The number of nitrogens with zero attached hydrogens (tertiary/aromatic N) is 6. The first kappa shape index (κ1) is 21.4. The standard InChI is InChI=1S/C26H20FN9O/c27-14-4-13(5-16(37)6-14)17-2-1-3-19-24(17)33-26(32-19)25-18-7-20(30-9-21(18)34-35-25)22-8-29-10-23(31-22)36-11-15(28)12-36/h1-10,15,37H,11-12,28H2,(H,32,33)(H,34,35). The van der Waals surface area contributed by atoms with Crippen molar-refractivity contribution in [2.24, 2.45) is 5.73 Å². The molecule has 11 heteroatoms. The van der Waals surface area contributed by atoms with E-state index in [-0.39, 0.29) is 11.8 Å². The highest BCUT2D eigenvalue weighted by molar-refractivity contribution is 5.97. The van der Waals surface area contributed by atoms with Crippen LogP contribution in [0.15, 0.2) is 61.1 Å². The molecule has 37 heavy (non-hydrogen) atoms. The van der Waals surface area contributed by atoms with E-state index >= 15 is 0 Å². The van der Waals surface area contributed by atoms with Gasteiger partial charge in [0.25, 0.3) is 0 Å². The summed E-state index contributed by atoms with van der Waals surface area (Å²) in [6.45, 7) is 1.50. The number of benzene rings is 2. The lowest BCUT2D eigenvalue weighted by molar-refractivity contribution is 0.469. The molecule has 2 aromatic carbocycles. The lowest BCUT2D eigenvalue weighted by Gasteiger charge is -2.37. The van der Waals surface area contributed by atoms with Gasteiger partial charge in [0.2, 0.25) is 0 Å². The van der Waals surface area contributed by atoms with E-state index in [0.29, 0.717) is 39.5 Å². The van der Waals surface area contributed by atoms with Gasteiger partial charge in [0, 0.05) is 36.1 Å². The van der Waals surface area contributed by atoms with Crippen LogP contribution in [0.25, 0.3) is 56.0 Å². The molecule has 7 rings (SSSR count). The Morgan fingerprint density at radius 2 is 1.89 bits per heavy atom. The molecule has 182 valence electrons. The van der Waals surface area contributed by atoms with E-state index < -0.39 is 5.82 Å². The van der Waals surface area contributed by atoms with Crippen LogP contribution in [0.3, 0.4) is 0 Å². The van der Waals surface area contributed by atoms with Crippen LogP contribution in [0.2, 0.25) is 0 Å². The zero-order valence-corrected chi connectivity index (χ0v) is 19.4. The maximum atomic E-state index is 14.0. The highest BCUT2D eigenvalue weighted by atomic mass is 19.1. The fourth-order valence-corrected chi connectivity index (χ4v) is 4.68. The Labute approximate surface area is 209 Å². The number of para-hydroxylation sites is 1. The van der Waals surface area contributed by atoms with Gasteiger partial charge >= 0.3 is 0 Å². The van der Waals surface area contributed by atoms with Crippen molar-refractivity contribution in [3.63, 3.8) is 0 Å². The third-order valence-corrected chi connectivity index (χ3v) is 6.50. The molecule has 1 fully saturated rings. The summed E-state index contributed by atoms with van der Waals surface area (Å²) in [5.74, 6) is 0.637. The molecule has 0 spiro atoms. The maximum absolute atomic E-state index is 14.0. The Hall–Kier alpha value is -4.90. The predicted octanol–water partition coefficient (Wildman–Crippen LogP) is 3.62. The molecular formula is C26H20FN9O. The Balaban J connectivity index is 1.31. The van der Waals surface area contributed by atoms with E-state index in [1.54, 1.807) is 18.6 Å². The van der Waals surface area contributed by atoms with Crippen LogP contribution >= 0.6 is 0 Å². The van der Waals surface area contributed by atoms with Gasteiger partial charge < -0.3 is 20.7 Å². The number of aromatic amines is 2. The molecule has 0 saturated carbocycles. The highest BCUT2D eigenvalue weighted by Gasteiger charge is 2.25. The van der Waals surface area contributed by atoms with Crippen LogP contribution in [0, 0.1) is 5.82 Å². The van der Waals surface area contributed by atoms with Crippen molar-refractivity contribution >= 4 is 27.8 Å². The first-order chi connectivity index (χ1) is 18.0. The summed E-state index contributed by atoms with van der Waals surface area (Å²) in [5.41, 5.74) is 11.2. The number of imidazole rings is 1. The molecule has 0 atom stereocenters. The molecule has 0 radical (unpaired) electrons. The van der Waals surface area contributed by atoms with Crippen molar-refractivity contribution in [1.29, 1.82) is 0 Å². The minimum absolute atomic E-state index is 0.148. The van der Waals surface area contributed by atoms with Crippen LogP contribution < -0.4 is 10.6 Å². The number of H-pyrrole nitrogens is 2. The molecule has 4 aromatic heterocycles. The summed E-state index contributed by atoms with van der Waals surface area (Å²) in [7, 11) is 0. The van der Waals surface area contributed by atoms with E-state index in [9.17, 15) is 9.50 Å². The molecule has 5 heterocycles. The molecule has 0 aliphatic carbocycles. The van der Waals surface area contributed by atoms with Crippen molar-refractivity contribution in [3.8, 4) is 39.8 Å². The SMILES string of the molecule is NC1CN(c2cncc(-c3cc4c(-c5nc6c(-c7cc(O)cc(F)c7)cccc6[nH]5)n[nH]c4cn3)n2)C1. The van der Waals surface area contributed by atoms with Crippen molar-refractivity contribution in [2.45, 2.75) is 6.04 Å². The smallest absolute Gasteiger partial charge is 0.159 e. The van der Waals surface area contributed by atoms with E-state index in [1.165, 1.54) is 12.1 Å². The van der Waals surface area contributed by atoms with Crippen molar-refractivity contribution < 1.29 is 9.50 Å². The van der Waals surface area contributed by atoms with E-state index in [4.69, 9.17) is 15.7 Å². The number of aromatic hydroxyl groups is 1. The lowest BCUT2D eigenvalue weighted by Crippen LogP contribution is -2.56. The molecule has 0 amide bonds. The van der Waals surface area contributed by atoms with Gasteiger partial charge in [0.1, 0.15) is 28.8 Å². The average Bonchev–Trinajstić information content (AvgIpc) is 3.49. The predicted molar refractivity (Wildman–Crippen MR) is 137 cm³/mol. The molecule has 1 aliphatic rings. The minimum atomic E-state index is -0.523. The Bertz CT molecular complexity index is 1790. The van der Waals surface area contributed by atoms with Crippen molar-refractivity contribution in [2.75, 3.05) is 18.0 Å². The summed E-state index contributed by atoms with van der Waals surface area (Å²) in [6.07, 6.45) is 5.11. The van der Waals surface area contributed by atoms with Crippen LogP contribution in [0.4, 0.5) is 10.2 Å². The third-order valence-electron chi connectivity index (χ3n) is 6.50. The number of aromatic nitrogens is 7. The van der Waals surface area contributed by atoms with Crippen LogP contribution in [0.1, 0.15) is 0 Å². The molecule has 10 nitrogen and oxygen atoms in total. The quantitative estimate of drug-likeness (QED) is 0.291. The molecule has 1 saturated heterocycles. The number of pyridine rings is 1. The number of nitrogens with two attached hydrogens (primary N) is 1. The Morgan fingerprint density at radius 1 is 1.00 bits per heavy atom. The van der Waals surface area contributed by atoms with Crippen LogP contribution in [0.5, 0.6) is 5.75 Å². The number of fused-ring (bicyclic) bond motifs is 2. The zero-order chi connectivity index (χ0) is 25.1. The summed E-state index contributed by atoms with van der Waals surface area (Å²) < 4.78 is 14.0. The summed E-state index contributed by atoms with van der Waals surface area (Å²) >= 11 is 0. The van der Waals surface area contributed by atoms with Gasteiger partial charge in [0.15, 0.2) is 5.82 Å². The lowest BCUT2D eigenvalue weighted by atomic mass is 10.0. The fraction of sp³-hybridized carbons (Fsp3) is 0.115. The number of nitrogens with one attached hydrogen (secondary N) is 2. The second-order valence-electron chi connectivity index (χ2n) is 9.10. The Morgan fingerprint density at radius 3 is 2.73 bits per heavy atom. The average molecular weight is 494 g/mol. The van der Waals surface area contributed by atoms with Gasteiger partial charge in [-0.05, 0) is 29.8 Å². The zero-order valence-electron chi connectivity index (χ0n) is 19.4. The summed E-state index contributed by atoms with van der Waals surface area (Å²) in [4.78, 5) is 23.8. The molecule has 0 bridgehead atoms. The first-order valence-corrected chi connectivity index (χ1v) is 11.7. The summed E-state index contributed by atoms with van der Waals surface area (Å²) in [5, 5.41) is 18.2. The second kappa shape index (κ2) is 8.07. The molecule has 6 aromatic rings. The topological polar surface area (TPSA) is 146 Å². The minimum Gasteiger partial charge on any atom is -0.508 e. The second-order valence-corrected chi connectivity index (χ2v) is 9.10. The largest absolute Gasteiger partial charge is 0.508 e. The van der Waals surface area contributed by atoms with E-state index in [0.717, 1.165) is 41.4 Å². The number of phenolic OH excluding ortho intramolecular Hbond substituents is 1. The van der Waals surface area contributed by atoms with Gasteiger partial charge in [-0.1, -0.05) is 12.1 Å². The van der Waals surface area contributed by atoms with Crippen molar-refractivity contribution in [1.82, 2.24) is 35.1 Å². The van der Waals surface area contributed by atoms with Gasteiger partial charge in [-0.2, -0.15) is 5.10 Å². The van der Waals surface area contributed by atoms with Gasteiger partial charge in [0.05, 0.1) is 40.8 Å². The van der Waals surface area contributed by atoms with E-state index in [1.807, 2.05) is 24.3 Å². The maximum Gasteiger partial charge on any atom is 0.159 e. The van der Waals surface area contributed by atoms with Gasteiger partial charge in [-0.3, -0.25) is 15.1 Å². The highest BCUT2D eigenvalue weighted by Crippen LogP contribution is 2.34. The first-order valence-electron chi connectivity index (χ1n) is 11.7. The number of hydrogen-bond acceptors (Lipinski definition) is 8.